The molecule has 0 aromatic heterocycles. The lowest BCUT2D eigenvalue weighted by molar-refractivity contribution is 0.0477. The van der Waals surface area contributed by atoms with E-state index in [0.717, 1.165) is 13.0 Å². The van der Waals surface area contributed by atoms with Gasteiger partial charge in [0, 0.05) is 1.43 Å². The second-order valence-corrected chi connectivity index (χ2v) is 5.06. The highest BCUT2D eigenvalue weighted by Crippen LogP contribution is 2.16. The van der Waals surface area contributed by atoms with Gasteiger partial charge in [-0.15, -0.1) is 0 Å². The van der Waals surface area contributed by atoms with E-state index in [9.17, 15) is 4.79 Å². The van der Waals surface area contributed by atoms with Crippen molar-refractivity contribution in [3.8, 4) is 0 Å². The summed E-state index contributed by atoms with van der Waals surface area (Å²) in [5.74, 6) is 0. The number of carbonyl (C=O) groups is 1. The third-order valence-electron chi connectivity index (χ3n) is 2.18. The minimum atomic E-state index is -0.510. The number of rotatable bonds is 5. The Morgan fingerprint density at radius 3 is 2.75 bits per heavy atom. The Kier molecular flexibility index (Phi) is 4.56. The standard InChI is InChI=1S/C11H21NO4.H2/c1-11(2,3)16-10(14)12-8(6-13)4-5-9-7-15-9;/h8-9,13H,4-7H2,1-3H3,(H,12,14);1H. The molecule has 5 nitrogen and oxygen atoms in total. The van der Waals surface area contributed by atoms with Gasteiger partial charge in [0.25, 0.3) is 0 Å². The van der Waals surface area contributed by atoms with Gasteiger partial charge in [-0.25, -0.2) is 4.79 Å². The maximum absolute atomic E-state index is 11.4. The van der Waals surface area contributed by atoms with Crippen LogP contribution in [0.3, 0.4) is 0 Å². The van der Waals surface area contributed by atoms with Crippen LogP contribution in [0.25, 0.3) is 0 Å². The number of epoxide rings is 1. The van der Waals surface area contributed by atoms with Crippen LogP contribution in [-0.4, -0.2) is 42.2 Å². The van der Waals surface area contributed by atoms with Crippen molar-refractivity contribution in [2.45, 2.75) is 51.4 Å². The first-order chi connectivity index (χ1) is 7.40. The van der Waals surface area contributed by atoms with Crippen LogP contribution in [0, 0.1) is 0 Å². The second kappa shape index (κ2) is 5.50. The molecule has 96 valence electrons. The maximum Gasteiger partial charge on any atom is 0.407 e. The zero-order valence-corrected chi connectivity index (χ0v) is 10.2. The number of carbonyl (C=O) groups excluding carboxylic acids is 1. The van der Waals surface area contributed by atoms with E-state index >= 15 is 0 Å². The van der Waals surface area contributed by atoms with Gasteiger partial charge in [0.05, 0.1) is 25.4 Å². The van der Waals surface area contributed by atoms with Crippen LogP contribution in [0.2, 0.25) is 0 Å². The summed E-state index contributed by atoms with van der Waals surface area (Å²) >= 11 is 0. The lowest BCUT2D eigenvalue weighted by Crippen LogP contribution is -2.41. The summed E-state index contributed by atoms with van der Waals surface area (Å²) in [4.78, 5) is 11.4. The Morgan fingerprint density at radius 2 is 2.31 bits per heavy atom. The Hall–Kier alpha value is -0.810. The first-order valence-electron chi connectivity index (χ1n) is 5.62. The van der Waals surface area contributed by atoms with E-state index in [0.29, 0.717) is 12.5 Å². The van der Waals surface area contributed by atoms with Gasteiger partial charge < -0.3 is 19.9 Å². The molecule has 2 atom stereocenters. The van der Waals surface area contributed by atoms with Gasteiger partial charge in [-0.1, -0.05) is 0 Å². The smallest absolute Gasteiger partial charge is 0.407 e. The summed E-state index contributed by atoms with van der Waals surface area (Å²) in [6.07, 6.45) is 1.40. The lowest BCUT2D eigenvalue weighted by atomic mass is 10.1. The number of ether oxygens (including phenoxy) is 2. The summed E-state index contributed by atoms with van der Waals surface area (Å²) in [7, 11) is 0. The van der Waals surface area contributed by atoms with Crippen molar-refractivity contribution in [1.29, 1.82) is 0 Å². The maximum atomic E-state index is 11.4. The van der Waals surface area contributed by atoms with E-state index in [-0.39, 0.29) is 14.1 Å². The molecular formula is C11H23NO4. The van der Waals surface area contributed by atoms with Crippen molar-refractivity contribution in [2.24, 2.45) is 0 Å². The van der Waals surface area contributed by atoms with Crippen molar-refractivity contribution in [3.63, 3.8) is 0 Å². The van der Waals surface area contributed by atoms with Crippen molar-refractivity contribution in [1.82, 2.24) is 5.32 Å². The van der Waals surface area contributed by atoms with Gasteiger partial charge in [0.2, 0.25) is 0 Å². The van der Waals surface area contributed by atoms with E-state index in [1.165, 1.54) is 0 Å². The number of aliphatic hydroxyl groups is 1. The molecule has 0 radical (unpaired) electrons. The quantitative estimate of drug-likeness (QED) is 0.702. The molecule has 1 rings (SSSR count). The molecule has 2 unspecified atom stereocenters. The van der Waals surface area contributed by atoms with Gasteiger partial charge in [0.15, 0.2) is 0 Å². The summed E-state index contributed by atoms with van der Waals surface area (Å²) in [6.45, 7) is 6.13. The molecule has 1 amide bonds. The third-order valence-corrected chi connectivity index (χ3v) is 2.18. The molecule has 1 fully saturated rings. The van der Waals surface area contributed by atoms with E-state index in [4.69, 9.17) is 14.6 Å². The fourth-order valence-electron chi connectivity index (χ4n) is 1.31. The summed E-state index contributed by atoms with van der Waals surface area (Å²) in [5, 5.41) is 11.7. The Morgan fingerprint density at radius 1 is 1.69 bits per heavy atom. The van der Waals surface area contributed by atoms with Crippen LogP contribution in [-0.2, 0) is 9.47 Å². The molecule has 5 heteroatoms. The summed E-state index contributed by atoms with van der Waals surface area (Å²) < 4.78 is 10.2. The fraction of sp³-hybridized carbons (Fsp3) is 0.909. The number of alkyl carbamates (subject to hydrolysis) is 1. The Bertz CT molecular complexity index is 238. The first kappa shape index (κ1) is 13.3. The van der Waals surface area contributed by atoms with Gasteiger partial charge in [-0.2, -0.15) is 0 Å². The lowest BCUT2D eigenvalue weighted by Gasteiger charge is -2.22. The van der Waals surface area contributed by atoms with Crippen LogP contribution < -0.4 is 5.32 Å². The SMILES string of the molecule is CC(C)(C)OC(=O)NC(CO)CCC1CO1.[HH]. The molecule has 1 aliphatic heterocycles. The highest BCUT2D eigenvalue weighted by atomic mass is 16.6. The number of nitrogens with one attached hydrogen (secondary N) is 1. The van der Waals surface area contributed by atoms with E-state index in [1.807, 2.05) is 0 Å². The van der Waals surface area contributed by atoms with Gasteiger partial charge in [-0.05, 0) is 33.6 Å². The Labute approximate surface area is 97.6 Å². The van der Waals surface area contributed by atoms with Gasteiger partial charge in [-0.3, -0.25) is 0 Å². The number of hydrogen-bond acceptors (Lipinski definition) is 4. The van der Waals surface area contributed by atoms with Crippen molar-refractivity contribution in [3.05, 3.63) is 0 Å². The van der Waals surface area contributed by atoms with Crippen LogP contribution >= 0.6 is 0 Å². The number of amides is 1. The molecular weight excluding hydrogens is 210 g/mol. The minimum Gasteiger partial charge on any atom is -0.444 e. The fourth-order valence-corrected chi connectivity index (χ4v) is 1.31. The highest BCUT2D eigenvalue weighted by Gasteiger charge is 2.25. The topological polar surface area (TPSA) is 71.1 Å². The predicted molar refractivity (Wildman–Crippen MR) is 61.3 cm³/mol. The third kappa shape index (κ3) is 5.92. The van der Waals surface area contributed by atoms with Gasteiger partial charge in [0.1, 0.15) is 5.60 Å². The summed E-state index contributed by atoms with van der Waals surface area (Å²) in [6, 6.07) is -0.251. The first-order valence-corrected chi connectivity index (χ1v) is 5.62. The number of hydrogen-bond donors (Lipinski definition) is 2. The molecule has 16 heavy (non-hydrogen) atoms. The van der Waals surface area contributed by atoms with Crippen molar-refractivity contribution in [2.75, 3.05) is 13.2 Å². The highest BCUT2D eigenvalue weighted by molar-refractivity contribution is 5.68. The van der Waals surface area contributed by atoms with E-state index in [1.54, 1.807) is 20.8 Å². The summed E-state index contributed by atoms with van der Waals surface area (Å²) in [5.41, 5.74) is -0.510. The van der Waals surface area contributed by atoms with Crippen LogP contribution in [0.1, 0.15) is 35.0 Å². The van der Waals surface area contributed by atoms with Crippen LogP contribution in [0.15, 0.2) is 0 Å². The molecule has 2 N–H and O–H groups in total. The molecule has 1 heterocycles. The number of aliphatic hydroxyl groups excluding tert-OH is 1. The molecule has 0 aromatic rings. The Balaban J connectivity index is 0.00000256. The minimum absolute atomic E-state index is 0. The predicted octanol–water partition coefficient (Wildman–Crippen LogP) is 1.30. The zero-order valence-electron chi connectivity index (χ0n) is 10.2. The van der Waals surface area contributed by atoms with Gasteiger partial charge >= 0.3 is 6.09 Å². The molecule has 0 saturated carbocycles. The second-order valence-electron chi connectivity index (χ2n) is 5.06. The van der Waals surface area contributed by atoms with E-state index < -0.39 is 11.7 Å². The molecule has 0 aromatic carbocycles. The average Bonchev–Trinajstić information content (AvgIpc) is 2.92. The largest absolute Gasteiger partial charge is 0.444 e. The van der Waals surface area contributed by atoms with Crippen molar-refractivity contribution >= 4 is 6.09 Å². The van der Waals surface area contributed by atoms with E-state index in [2.05, 4.69) is 5.32 Å². The zero-order chi connectivity index (χ0) is 12.2. The monoisotopic (exact) mass is 233 g/mol. The molecule has 0 spiro atoms. The van der Waals surface area contributed by atoms with Crippen LogP contribution in [0.4, 0.5) is 4.79 Å². The molecule has 1 aliphatic rings. The normalized spacial score (nSPS) is 21.4. The molecule has 1 saturated heterocycles. The molecule has 0 bridgehead atoms. The van der Waals surface area contributed by atoms with Crippen LogP contribution in [0.5, 0.6) is 0 Å². The average molecular weight is 233 g/mol. The van der Waals surface area contributed by atoms with Crippen molar-refractivity contribution < 1.29 is 20.8 Å². The molecule has 0 aliphatic carbocycles.